The minimum atomic E-state index is 0.397. The van der Waals surface area contributed by atoms with Crippen LogP contribution in [0.2, 0.25) is 0 Å². The summed E-state index contributed by atoms with van der Waals surface area (Å²) in [5.41, 5.74) is 4.02. The highest BCUT2D eigenvalue weighted by molar-refractivity contribution is 5.77. The van der Waals surface area contributed by atoms with E-state index < -0.39 is 0 Å². The molecule has 3 nitrogen and oxygen atoms in total. The monoisotopic (exact) mass is 187 g/mol. The van der Waals surface area contributed by atoms with Crippen LogP contribution in [0.3, 0.4) is 0 Å². The van der Waals surface area contributed by atoms with E-state index in [-0.39, 0.29) is 0 Å². The summed E-state index contributed by atoms with van der Waals surface area (Å²) in [5.74, 6) is 0.397. The van der Waals surface area contributed by atoms with Crippen molar-refractivity contribution in [3.8, 4) is 0 Å². The first-order valence-electron chi connectivity index (χ1n) is 4.78. The average Bonchev–Trinajstić information content (AvgIpc) is 2.18. The van der Waals surface area contributed by atoms with Crippen molar-refractivity contribution >= 4 is 11.0 Å². The Morgan fingerprint density at radius 1 is 1.21 bits per heavy atom. The highest BCUT2D eigenvalue weighted by atomic mass is 15.1. The molecule has 2 rings (SSSR count). The van der Waals surface area contributed by atoms with Gasteiger partial charge in [0.05, 0.1) is 11.2 Å². The van der Waals surface area contributed by atoms with E-state index in [0.29, 0.717) is 5.92 Å². The molecule has 3 heteroatoms. The van der Waals surface area contributed by atoms with Gasteiger partial charge in [-0.05, 0) is 25.0 Å². The summed E-state index contributed by atoms with van der Waals surface area (Å²) in [4.78, 5) is 4.32. The quantitative estimate of drug-likeness (QED) is 0.688. The summed E-state index contributed by atoms with van der Waals surface area (Å²) in [6, 6.07) is 3.82. The van der Waals surface area contributed by atoms with Crippen LogP contribution < -0.4 is 0 Å². The molecule has 0 radical (unpaired) electrons. The average molecular weight is 187 g/mol. The van der Waals surface area contributed by atoms with Crippen molar-refractivity contribution in [1.29, 1.82) is 0 Å². The normalized spacial score (nSPS) is 11.1. The predicted molar refractivity (Wildman–Crippen MR) is 56.2 cm³/mol. The highest BCUT2D eigenvalue weighted by Gasteiger charge is 2.09. The molecule has 0 amide bonds. The zero-order valence-corrected chi connectivity index (χ0v) is 8.65. The van der Waals surface area contributed by atoms with E-state index in [4.69, 9.17) is 0 Å². The molecule has 2 heterocycles. The van der Waals surface area contributed by atoms with Gasteiger partial charge in [-0.1, -0.05) is 13.8 Å². The maximum Gasteiger partial charge on any atom is 0.112 e. The first-order valence-corrected chi connectivity index (χ1v) is 4.78. The fraction of sp³-hybridized carbons (Fsp3) is 0.364. The highest BCUT2D eigenvalue weighted by Crippen LogP contribution is 2.20. The molecule has 0 spiro atoms. The summed E-state index contributed by atoms with van der Waals surface area (Å²) >= 11 is 0. The Balaban J connectivity index is 2.75. The van der Waals surface area contributed by atoms with E-state index in [1.165, 1.54) is 0 Å². The Kier molecular flexibility index (Phi) is 2.15. The van der Waals surface area contributed by atoms with Gasteiger partial charge in [0.25, 0.3) is 0 Å². The van der Waals surface area contributed by atoms with E-state index >= 15 is 0 Å². The van der Waals surface area contributed by atoms with E-state index in [2.05, 4.69) is 36.0 Å². The van der Waals surface area contributed by atoms with Crippen molar-refractivity contribution in [3.63, 3.8) is 0 Å². The van der Waals surface area contributed by atoms with Crippen LogP contribution in [0.15, 0.2) is 18.3 Å². The lowest BCUT2D eigenvalue weighted by Crippen LogP contribution is -2.01. The molecule has 0 bridgehead atoms. The van der Waals surface area contributed by atoms with Crippen LogP contribution in [-0.4, -0.2) is 15.2 Å². The standard InChI is InChI=1S/C11H13N3/c1-7(2)10-8(3)11-9(13-14-10)5-4-6-12-11/h4-7H,1-3H3. The van der Waals surface area contributed by atoms with Gasteiger partial charge >= 0.3 is 0 Å². The molecule has 0 saturated carbocycles. The molecule has 2 aromatic heterocycles. The summed E-state index contributed by atoms with van der Waals surface area (Å²) in [6.45, 7) is 6.29. The van der Waals surface area contributed by atoms with E-state index in [9.17, 15) is 0 Å². The molecule has 0 atom stereocenters. The number of aromatic nitrogens is 3. The summed E-state index contributed by atoms with van der Waals surface area (Å²) in [7, 11) is 0. The lowest BCUT2D eigenvalue weighted by Gasteiger charge is -2.08. The Labute approximate surface area is 83.2 Å². The van der Waals surface area contributed by atoms with Crippen molar-refractivity contribution in [2.45, 2.75) is 26.7 Å². The topological polar surface area (TPSA) is 38.7 Å². The first kappa shape index (κ1) is 9.06. The van der Waals surface area contributed by atoms with Crippen LogP contribution in [0.1, 0.15) is 31.0 Å². The minimum absolute atomic E-state index is 0.397. The van der Waals surface area contributed by atoms with Crippen molar-refractivity contribution in [2.75, 3.05) is 0 Å². The van der Waals surface area contributed by atoms with Crippen molar-refractivity contribution in [2.24, 2.45) is 0 Å². The van der Waals surface area contributed by atoms with E-state index in [1.54, 1.807) is 6.20 Å². The third-order valence-electron chi connectivity index (χ3n) is 2.34. The van der Waals surface area contributed by atoms with Crippen LogP contribution >= 0.6 is 0 Å². The lowest BCUT2D eigenvalue weighted by molar-refractivity contribution is 0.783. The zero-order chi connectivity index (χ0) is 10.1. The molecule has 0 aliphatic heterocycles. The van der Waals surface area contributed by atoms with E-state index in [0.717, 1.165) is 22.3 Å². The van der Waals surface area contributed by atoms with Gasteiger partial charge in [-0.15, -0.1) is 5.10 Å². The second-order valence-electron chi connectivity index (χ2n) is 3.74. The summed E-state index contributed by atoms with van der Waals surface area (Å²) < 4.78 is 0. The van der Waals surface area contributed by atoms with Crippen LogP contribution in [0.25, 0.3) is 11.0 Å². The van der Waals surface area contributed by atoms with Crippen molar-refractivity contribution in [3.05, 3.63) is 29.6 Å². The maximum absolute atomic E-state index is 4.32. The van der Waals surface area contributed by atoms with Crippen LogP contribution in [0.4, 0.5) is 0 Å². The molecule has 0 saturated heterocycles. The van der Waals surface area contributed by atoms with Gasteiger partial charge in [0.1, 0.15) is 5.52 Å². The third-order valence-corrected chi connectivity index (χ3v) is 2.34. The van der Waals surface area contributed by atoms with Crippen molar-refractivity contribution in [1.82, 2.24) is 15.2 Å². The molecule has 0 aliphatic rings. The van der Waals surface area contributed by atoms with Crippen LogP contribution in [0, 0.1) is 6.92 Å². The Bertz CT molecular complexity index is 463. The Morgan fingerprint density at radius 3 is 2.71 bits per heavy atom. The molecule has 0 unspecified atom stereocenters. The molecule has 14 heavy (non-hydrogen) atoms. The number of aryl methyl sites for hydroxylation is 1. The number of pyridine rings is 1. The van der Waals surface area contributed by atoms with Crippen LogP contribution in [-0.2, 0) is 0 Å². The SMILES string of the molecule is Cc1c(C(C)C)nnc2cccnc12. The van der Waals surface area contributed by atoms with Gasteiger partial charge in [-0.2, -0.15) is 5.10 Å². The number of hydrogen-bond donors (Lipinski definition) is 0. The first-order chi connectivity index (χ1) is 6.70. The zero-order valence-electron chi connectivity index (χ0n) is 8.65. The number of nitrogens with zero attached hydrogens (tertiary/aromatic N) is 3. The molecular formula is C11H13N3. The van der Waals surface area contributed by atoms with Gasteiger partial charge in [0.15, 0.2) is 0 Å². The fourth-order valence-electron chi connectivity index (χ4n) is 1.62. The van der Waals surface area contributed by atoms with Gasteiger partial charge < -0.3 is 0 Å². The molecule has 0 fully saturated rings. The summed E-state index contributed by atoms with van der Waals surface area (Å²) in [5, 5.41) is 8.37. The molecular weight excluding hydrogens is 174 g/mol. The lowest BCUT2D eigenvalue weighted by atomic mass is 10.0. The van der Waals surface area contributed by atoms with Gasteiger partial charge in [-0.25, -0.2) is 0 Å². The maximum atomic E-state index is 4.32. The number of rotatable bonds is 1. The van der Waals surface area contributed by atoms with E-state index in [1.807, 2.05) is 12.1 Å². The smallest absolute Gasteiger partial charge is 0.112 e. The second kappa shape index (κ2) is 3.33. The third kappa shape index (κ3) is 1.35. The molecule has 0 N–H and O–H groups in total. The van der Waals surface area contributed by atoms with Gasteiger partial charge in [0, 0.05) is 11.8 Å². The molecule has 72 valence electrons. The molecule has 0 aliphatic carbocycles. The molecule has 2 aromatic rings. The Hall–Kier alpha value is -1.51. The second-order valence-corrected chi connectivity index (χ2v) is 3.74. The largest absolute Gasteiger partial charge is 0.254 e. The number of hydrogen-bond acceptors (Lipinski definition) is 3. The van der Waals surface area contributed by atoms with Crippen LogP contribution in [0.5, 0.6) is 0 Å². The van der Waals surface area contributed by atoms with Gasteiger partial charge in [-0.3, -0.25) is 4.98 Å². The summed E-state index contributed by atoms with van der Waals surface area (Å²) in [6.07, 6.45) is 1.79. The van der Waals surface area contributed by atoms with Gasteiger partial charge in [0.2, 0.25) is 0 Å². The molecule has 0 aromatic carbocycles. The van der Waals surface area contributed by atoms with Crippen molar-refractivity contribution < 1.29 is 0 Å². The minimum Gasteiger partial charge on any atom is -0.254 e. The number of fused-ring (bicyclic) bond motifs is 1. The Morgan fingerprint density at radius 2 is 2.00 bits per heavy atom. The predicted octanol–water partition coefficient (Wildman–Crippen LogP) is 2.46. The fourth-order valence-corrected chi connectivity index (χ4v) is 1.62.